The average molecular weight is 356 g/mol. The lowest BCUT2D eigenvalue weighted by Gasteiger charge is -2.12. The smallest absolute Gasteiger partial charge is 0.329 e. The molecule has 0 aliphatic carbocycles. The van der Waals surface area contributed by atoms with Crippen molar-refractivity contribution in [2.75, 3.05) is 6.61 Å². The summed E-state index contributed by atoms with van der Waals surface area (Å²) in [4.78, 5) is 25.5. The SMILES string of the molecule is CCOc1cc(/C=C2\NC(=O)N(Cc3ccccc3F)C2=O)ccc1O. The molecule has 1 heterocycles. The maximum absolute atomic E-state index is 13.8. The van der Waals surface area contributed by atoms with Crippen LogP contribution in [0, 0.1) is 5.82 Å². The Morgan fingerprint density at radius 2 is 2.00 bits per heavy atom. The molecule has 1 aliphatic heterocycles. The van der Waals surface area contributed by atoms with E-state index in [1.807, 2.05) is 0 Å². The maximum atomic E-state index is 13.8. The normalized spacial score (nSPS) is 15.5. The molecule has 6 nitrogen and oxygen atoms in total. The third-order valence-electron chi connectivity index (χ3n) is 3.84. The molecule has 0 atom stereocenters. The Kier molecular flexibility index (Phi) is 4.88. The largest absolute Gasteiger partial charge is 0.504 e. The number of imide groups is 1. The Bertz CT molecular complexity index is 895. The van der Waals surface area contributed by atoms with E-state index >= 15 is 0 Å². The zero-order chi connectivity index (χ0) is 18.7. The summed E-state index contributed by atoms with van der Waals surface area (Å²) in [7, 11) is 0. The van der Waals surface area contributed by atoms with E-state index in [0.29, 0.717) is 12.2 Å². The van der Waals surface area contributed by atoms with Crippen molar-refractivity contribution in [2.24, 2.45) is 0 Å². The number of nitrogens with zero attached hydrogens (tertiary/aromatic N) is 1. The van der Waals surface area contributed by atoms with Crippen molar-refractivity contribution in [3.63, 3.8) is 0 Å². The monoisotopic (exact) mass is 356 g/mol. The summed E-state index contributed by atoms with van der Waals surface area (Å²) in [5.74, 6) is -0.770. The molecular weight excluding hydrogens is 339 g/mol. The first-order chi connectivity index (χ1) is 12.5. The van der Waals surface area contributed by atoms with Crippen molar-refractivity contribution in [3.8, 4) is 11.5 Å². The Morgan fingerprint density at radius 3 is 2.73 bits per heavy atom. The lowest BCUT2D eigenvalue weighted by Crippen LogP contribution is -2.30. The average Bonchev–Trinajstić information content (AvgIpc) is 2.87. The minimum atomic E-state index is -0.617. The van der Waals surface area contributed by atoms with Gasteiger partial charge in [0.25, 0.3) is 5.91 Å². The second-order valence-corrected chi connectivity index (χ2v) is 5.63. The number of phenols is 1. The Balaban J connectivity index is 1.83. The highest BCUT2D eigenvalue weighted by molar-refractivity contribution is 6.13. The zero-order valence-corrected chi connectivity index (χ0v) is 14.0. The molecule has 0 radical (unpaired) electrons. The number of benzene rings is 2. The summed E-state index contributed by atoms with van der Waals surface area (Å²) in [6, 6.07) is 9.94. The highest BCUT2D eigenvalue weighted by atomic mass is 19.1. The Morgan fingerprint density at radius 1 is 1.23 bits per heavy atom. The number of urea groups is 1. The first-order valence-electron chi connectivity index (χ1n) is 8.03. The number of hydrogen-bond donors (Lipinski definition) is 2. The van der Waals surface area contributed by atoms with E-state index in [2.05, 4.69) is 5.32 Å². The van der Waals surface area contributed by atoms with Crippen molar-refractivity contribution < 1.29 is 23.8 Å². The molecule has 1 fully saturated rings. The van der Waals surface area contributed by atoms with E-state index in [4.69, 9.17) is 4.74 Å². The number of halogens is 1. The van der Waals surface area contributed by atoms with Gasteiger partial charge in [0, 0.05) is 5.56 Å². The number of aromatic hydroxyl groups is 1. The van der Waals surface area contributed by atoms with Crippen LogP contribution in [0.25, 0.3) is 6.08 Å². The molecule has 3 amide bonds. The standard InChI is InChI=1S/C19H17FN2O4/c1-2-26-17-10-12(7-8-16(17)23)9-15-18(24)22(19(25)21-15)11-13-5-3-4-6-14(13)20/h3-10,23H,2,11H2,1H3,(H,21,25)/b15-9-. The topological polar surface area (TPSA) is 78.9 Å². The Hall–Kier alpha value is -3.35. The number of nitrogens with one attached hydrogen (secondary N) is 1. The fraction of sp³-hybridized carbons (Fsp3) is 0.158. The van der Waals surface area contributed by atoms with Crippen molar-refractivity contribution in [2.45, 2.75) is 13.5 Å². The van der Waals surface area contributed by atoms with E-state index < -0.39 is 17.8 Å². The molecule has 2 aromatic rings. The van der Waals surface area contributed by atoms with Gasteiger partial charge >= 0.3 is 6.03 Å². The van der Waals surface area contributed by atoms with Crippen LogP contribution < -0.4 is 10.1 Å². The number of hydrogen-bond acceptors (Lipinski definition) is 4. The van der Waals surface area contributed by atoms with Crippen LogP contribution in [0.2, 0.25) is 0 Å². The quantitative estimate of drug-likeness (QED) is 0.638. The predicted octanol–water partition coefficient (Wildman–Crippen LogP) is 3.02. The summed E-state index contributed by atoms with van der Waals surface area (Å²) >= 11 is 0. The molecule has 0 aromatic heterocycles. The van der Waals surface area contributed by atoms with Crippen molar-refractivity contribution in [3.05, 3.63) is 65.1 Å². The lowest BCUT2D eigenvalue weighted by molar-refractivity contribution is -0.123. The van der Waals surface area contributed by atoms with Gasteiger partial charge in [-0.1, -0.05) is 24.3 Å². The van der Waals surface area contributed by atoms with Crippen LogP contribution >= 0.6 is 0 Å². The molecule has 2 N–H and O–H groups in total. The maximum Gasteiger partial charge on any atom is 0.329 e. The second-order valence-electron chi connectivity index (χ2n) is 5.63. The summed E-state index contributed by atoms with van der Waals surface area (Å²) in [5, 5.41) is 12.2. The van der Waals surface area contributed by atoms with Gasteiger partial charge in [0.15, 0.2) is 11.5 Å². The second kappa shape index (κ2) is 7.26. The van der Waals surface area contributed by atoms with Gasteiger partial charge in [0.1, 0.15) is 11.5 Å². The van der Waals surface area contributed by atoms with Crippen LogP contribution in [0.4, 0.5) is 9.18 Å². The predicted molar refractivity (Wildman–Crippen MR) is 92.7 cm³/mol. The number of carbonyl (C=O) groups excluding carboxylic acids is 2. The minimum Gasteiger partial charge on any atom is -0.504 e. The molecule has 26 heavy (non-hydrogen) atoms. The fourth-order valence-corrected chi connectivity index (χ4v) is 2.57. The summed E-state index contributed by atoms with van der Waals surface area (Å²) in [6.45, 7) is 2.00. The molecule has 3 rings (SSSR count). The summed E-state index contributed by atoms with van der Waals surface area (Å²) < 4.78 is 19.1. The van der Waals surface area contributed by atoms with Gasteiger partial charge in [-0.2, -0.15) is 0 Å². The third-order valence-corrected chi connectivity index (χ3v) is 3.84. The van der Waals surface area contributed by atoms with Gasteiger partial charge in [-0.05, 0) is 36.8 Å². The van der Waals surface area contributed by atoms with Gasteiger partial charge in [-0.25, -0.2) is 9.18 Å². The molecule has 1 aliphatic rings. The summed E-state index contributed by atoms with van der Waals surface area (Å²) in [6.07, 6.45) is 1.48. The van der Waals surface area contributed by atoms with Gasteiger partial charge in [-0.3, -0.25) is 9.69 Å². The van der Waals surface area contributed by atoms with Crippen LogP contribution in [0.3, 0.4) is 0 Å². The zero-order valence-electron chi connectivity index (χ0n) is 14.0. The van der Waals surface area contributed by atoms with Gasteiger partial charge in [-0.15, -0.1) is 0 Å². The van der Waals surface area contributed by atoms with Crippen LogP contribution in [0.5, 0.6) is 11.5 Å². The van der Waals surface area contributed by atoms with E-state index in [9.17, 15) is 19.1 Å². The van der Waals surface area contributed by atoms with Crippen LogP contribution in [0.15, 0.2) is 48.2 Å². The first kappa shape index (κ1) is 17.5. The number of ether oxygens (including phenoxy) is 1. The first-order valence-corrected chi connectivity index (χ1v) is 8.03. The van der Waals surface area contributed by atoms with E-state index in [1.165, 1.54) is 30.3 Å². The molecule has 1 saturated heterocycles. The number of amides is 3. The highest BCUT2D eigenvalue weighted by Gasteiger charge is 2.34. The van der Waals surface area contributed by atoms with Gasteiger partial charge in [0.05, 0.1) is 13.2 Å². The highest BCUT2D eigenvalue weighted by Crippen LogP contribution is 2.28. The van der Waals surface area contributed by atoms with Crippen LogP contribution in [-0.2, 0) is 11.3 Å². The molecule has 0 bridgehead atoms. The fourth-order valence-electron chi connectivity index (χ4n) is 2.57. The van der Waals surface area contributed by atoms with Crippen LogP contribution in [0.1, 0.15) is 18.1 Å². The molecule has 0 saturated carbocycles. The molecule has 0 unspecified atom stereocenters. The molecular formula is C19H17FN2O4. The van der Waals surface area contributed by atoms with E-state index in [1.54, 1.807) is 25.1 Å². The number of carbonyl (C=O) groups is 2. The molecule has 0 spiro atoms. The van der Waals surface area contributed by atoms with Crippen LogP contribution in [-0.4, -0.2) is 28.6 Å². The summed E-state index contributed by atoms with van der Waals surface area (Å²) in [5.41, 5.74) is 0.891. The minimum absolute atomic E-state index is 0.0167. The lowest BCUT2D eigenvalue weighted by atomic mass is 10.1. The van der Waals surface area contributed by atoms with Gasteiger partial charge < -0.3 is 15.2 Å². The molecule has 7 heteroatoms. The number of phenolic OH excluding ortho intramolecular Hbond substituents is 1. The number of rotatable bonds is 5. The van der Waals surface area contributed by atoms with Gasteiger partial charge in [0.2, 0.25) is 0 Å². The molecule has 2 aromatic carbocycles. The van der Waals surface area contributed by atoms with E-state index in [0.717, 1.165) is 4.90 Å². The van der Waals surface area contributed by atoms with Crippen molar-refractivity contribution in [1.82, 2.24) is 10.2 Å². The van der Waals surface area contributed by atoms with Crippen molar-refractivity contribution >= 4 is 18.0 Å². The molecule has 134 valence electrons. The van der Waals surface area contributed by atoms with E-state index in [-0.39, 0.29) is 29.3 Å². The Labute approximate surface area is 149 Å². The third kappa shape index (κ3) is 3.51. The van der Waals surface area contributed by atoms with Crippen molar-refractivity contribution in [1.29, 1.82) is 0 Å².